The van der Waals surface area contributed by atoms with Crippen molar-refractivity contribution in [3.05, 3.63) is 46.3 Å². The number of nitrogens with zero attached hydrogens (tertiary/aromatic N) is 2. The number of benzene rings is 1. The molecular weight excluding hydrogens is 305 g/mol. The molecule has 0 radical (unpaired) electrons. The number of carbonyl (C=O) groups is 1. The molecule has 1 aliphatic heterocycles. The fourth-order valence-electron chi connectivity index (χ4n) is 2.89. The third-order valence-electron chi connectivity index (χ3n) is 3.94. The molecule has 116 valence electrons. The van der Waals surface area contributed by atoms with Crippen molar-refractivity contribution in [2.45, 2.75) is 39.3 Å². The first-order valence-electron chi connectivity index (χ1n) is 7.24. The molecule has 22 heavy (non-hydrogen) atoms. The quantitative estimate of drug-likeness (QED) is 0.878. The van der Waals surface area contributed by atoms with Crippen LogP contribution in [0.4, 0.5) is 10.1 Å². The third kappa shape index (κ3) is 2.73. The number of ketones is 1. The summed E-state index contributed by atoms with van der Waals surface area (Å²) in [4.78, 5) is 16.2. The number of rotatable bonds is 3. The Balaban J connectivity index is 1.88. The molecule has 1 aliphatic rings. The topological polar surface area (TPSA) is 46.9 Å². The first-order chi connectivity index (χ1) is 10.5. The number of Topliss-reactive ketones (excluding diaryl/α,β-unsaturated/α-hetero) is 1. The normalized spacial score (nSPS) is 17.2. The molecule has 1 aromatic heterocycles. The molecule has 0 bridgehead atoms. The van der Waals surface area contributed by atoms with Gasteiger partial charge >= 0.3 is 0 Å². The molecule has 1 unspecified atom stereocenters. The van der Waals surface area contributed by atoms with Crippen molar-refractivity contribution < 1.29 is 9.18 Å². The highest BCUT2D eigenvalue weighted by Crippen LogP contribution is 2.29. The van der Waals surface area contributed by atoms with E-state index in [2.05, 4.69) is 14.9 Å². The molecule has 0 fully saturated rings. The second-order valence-electron chi connectivity index (χ2n) is 5.67. The lowest BCUT2D eigenvalue weighted by Gasteiger charge is -2.26. The minimum Gasteiger partial charge on any atom is -0.377 e. The van der Waals surface area contributed by atoms with Gasteiger partial charge in [-0.3, -0.25) is 4.79 Å². The minimum atomic E-state index is -0.568. The van der Waals surface area contributed by atoms with Crippen LogP contribution >= 0.6 is 11.6 Å². The second kappa shape index (κ2) is 5.72. The van der Waals surface area contributed by atoms with Gasteiger partial charge in [0.15, 0.2) is 11.6 Å². The first kappa shape index (κ1) is 15.0. The lowest BCUT2D eigenvalue weighted by atomic mass is 10.0. The largest absolute Gasteiger partial charge is 0.377 e. The van der Waals surface area contributed by atoms with Crippen LogP contribution in [0, 0.1) is 12.7 Å². The van der Waals surface area contributed by atoms with Crippen LogP contribution in [0.1, 0.15) is 35.2 Å². The highest BCUT2D eigenvalue weighted by atomic mass is 35.5. The predicted octanol–water partition coefficient (Wildman–Crippen LogP) is 3.61. The molecule has 1 aromatic carbocycles. The van der Waals surface area contributed by atoms with Gasteiger partial charge in [0.05, 0.1) is 16.4 Å². The number of hydrogen-bond donors (Lipinski definition) is 1. The average molecular weight is 322 g/mol. The van der Waals surface area contributed by atoms with Crippen LogP contribution in [0.5, 0.6) is 0 Å². The molecule has 3 rings (SSSR count). The van der Waals surface area contributed by atoms with Gasteiger partial charge in [-0.1, -0.05) is 11.6 Å². The van der Waals surface area contributed by atoms with Gasteiger partial charge in [-0.05, 0) is 32.4 Å². The number of aryl methyl sites for hydroxylation is 2. The molecule has 1 atom stereocenters. The van der Waals surface area contributed by atoms with Crippen LogP contribution < -0.4 is 5.32 Å². The maximum absolute atomic E-state index is 14.3. The SMILES string of the molecule is CC(=O)c1ccc(Cl)c(F)c1NC1CCc2nc(C)cn2C1. The Labute approximate surface area is 133 Å². The zero-order chi connectivity index (χ0) is 15.9. The van der Waals surface area contributed by atoms with Crippen LogP contribution in [-0.2, 0) is 13.0 Å². The second-order valence-corrected chi connectivity index (χ2v) is 6.08. The number of anilines is 1. The van der Waals surface area contributed by atoms with Crippen LogP contribution in [0.3, 0.4) is 0 Å². The number of aromatic nitrogens is 2. The fraction of sp³-hybridized carbons (Fsp3) is 0.375. The van der Waals surface area contributed by atoms with Crippen molar-refractivity contribution >= 4 is 23.1 Å². The summed E-state index contributed by atoms with van der Waals surface area (Å²) in [5, 5.41) is 3.18. The number of carbonyl (C=O) groups excluding carboxylic acids is 1. The Morgan fingerprint density at radius 2 is 2.27 bits per heavy atom. The lowest BCUT2D eigenvalue weighted by molar-refractivity contribution is 0.101. The smallest absolute Gasteiger partial charge is 0.165 e. The number of imidazole rings is 1. The van der Waals surface area contributed by atoms with E-state index in [4.69, 9.17) is 11.6 Å². The van der Waals surface area contributed by atoms with Gasteiger partial charge in [-0.25, -0.2) is 9.37 Å². The van der Waals surface area contributed by atoms with Crippen molar-refractivity contribution in [3.63, 3.8) is 0 Å². The summed E-state index contributed by atoms with van der Waals surface area (Å²) < 4.78 is 16.4. The van der Waals surface area contributed by atoms with Crippen molar-refractivity contribution in [1.29, 1.82) is 0 Å². The first-order valence-corrected chi connectivity index (χ1v) is 7.61. The molecule has 0 spiro atoms. The van der Waals surface area contributed by atoms with E-state index in [0.717, 1.165) is 24.4 Å². The fourth-order valence-corrected chi connectivity index (χ4v) is 3.05. The van der Waals surface area contributed by atoms with Crippen molar-refractivity contribution in [3.8, 4) is 0 Å². The van der Waals surface area contributed by atoms with Gasteiger partial charge in [-0.15, -0.1) is 0 Å². The van der Waals surface area contributed by atoms with Crippen LogP contribution in [-0.4, -0.2) is 21.4 Å². The lowest BCUT2D eigenvalue weighted by Crippen LogP contribution is -2.32. The standard InChI is InChI=1S/C16H17ClFN3O/c1-9-7-21-8-11(3-6-14(21)19-9)20-16-12(10(2)22)4-5-13(17)15(16)18/h4-5,7,11,20H,3,6,8H2,1-2H3. The predicted molar refractivity (Wildman–Crippen MR) is 84.1 cm³/mol. The van der Waals surface area contributed by atoms with Crippen molar-refractivity contribution in [1.82, 2.24) is 9.55 Å². The highest BCUT2D eigenvalue weighted by molar-refractivity contribution is 6.31. The Morgan fingerprint density at radius 1 is 1.50 bits per heavy atom. The Hall–Kier alpha value is -1.88. The van der Waals surface area contributed by atoms with Crippen molar-refractivity contribution in [2.24, 2.45) is 0 Å². The van der Waals surface area contributed by atoms with E-state index >= 15 is 0 Å². The maximum Gasteiger partial charge on any atom is 0.165 e. The zero-order valence-corrected chi connectivity index (χ0v) is 13.2. The van der Waals surface area contributed by atoms with Gasteiger partial charge < -0.3 is 9.88 Å². The number of hydrogen-bond acceptors (Lipinski definition) is 3. The Morgan fingerprint density at radius 3 is 3.00 bits per heavy atom. The van der Waals surface area contributed by atoms with Gasteiger partial charge in [0.25, 0.3) is 0 Å². The van der Waals surface area contributed by atoms with Gasteiger partial charge in [0.1, 0.15) is 5.82 Å². The van der Waals surface area contributed by atoms with Crippen molar-refractivity contribution in [2.75, 3.05) is 5.32 Å². The molecule has 0 aliphatic carbocycles. The number of halogens is 2. The highest BCUT2D eigenvalue weighted by Gasteiger charge is 2.23. The number of fused-ring (bicyclic) bond motifs is 1. The Bertz CT molecular complexity index is 741. The summed E-state index contributed by atoms with van der Waals surface area (Å²) in [5.74, 6) is 0.295. The van der Waals surface area contributed by atoms with E-state index < -0.39 is 5.82 Å². The van der Waals surface area contributed by atoms with Gasteiger partial charge in [-0.2, -0.15) is 0 Å². The third-order valence-corrected chi connectivity index (χ3v) is 4.23. The van der Waals surface area contributed by atoms with E-state index in [0.29, 0.717) is 12.1 Å². The van der Waals surface area contributed by atoms with Crippen LogP contribution in [0.15, 0.2) is 18.3 Å². The van der Waals surface area contributed by atoms with E-state index in [-0.39, 0.29) is 22.5 Å². The molecule has 6 heteroatoms. The number of nitrogens with one attached hydrogen (secondary N) is 1. The molecule has 0 saturated carbocycles. The van der Waals surface area contributed by atoms with E-state index in [1.807, 2.05) is 13.1 Å². The maximum atomic E-state index is 14.3. The van der Waals surface area contributed by atoms with E-state index in [1.54, 1.807) is 6.07 Å². The summed E-state index contributed by atoms with van der Waals surface area (Å²) in [6, 6.07) is 3.01. The zero-order valence-electron chi connectivity index (χ0n) is 12.5. The van der Waals surface area contributed by atoms with Gasteiger partial charge in [0, 0.05) is 30.8 Å². The monoisotopic (exact) mass is 321 g/mol. The molecule has 2 aromatic rings. The molecular formula is C16H17ClFN3O. The summed E-state index contributed by atoms with van der Waals surface area (Å²) >= 11 is 5.85. The summed E-state index contributed by atoms with van der Waals surface area (Å²) in [6.07, 6.45) is 3.65. The van der Waals surface area contributed by atoms with E-state index in [9.17, 15) is 9.18 Å². The molecule has 0 amide bonds. The minimum absolute atomic E-state index is 0.0162. The van der Waals surface area contributed by atoms with E-state index in [1.165, 1.54) is 13.0 Å². The summed E-state index contributed by atoms with van der Waals surface area (Å²) in [7, 11) is 0. The molecule has 1 N–H and O–H groups in total. The molecule has 2 heterocycles. The van der Waals surface area contributed by atoms with Crippen LogP contribution in [0.2, 0.25) is 5.02 Å². The van der Waals surface area contributed by atoms with Crippen LogP contribution in [0.25, 0.3) is 0 Å². The summed E-state index contributed by atoms with van der Waals surface area (Å²) in [6.45, 7) is 4.07. The summed E-state index contributed by atoms with van der Waals surface area (Å²) in [5.41, 5.74) is 1.51. The molecule has 4 nitrogen and oxygen atoms in total. The average Bonchev–Trinajstić information content (AvgIpc) is 2.83. The van der Waals surface area contributed by atoms with Gasteiger partial charge in [0.2, 0.25) is 0 Å². The Kier molecular flexibility index (Phi) is 3.91. The molecule has 0 saturated heterocycles.